The summed E-state index contributed by atoms with van der Waals surface area (Å²) in [6, 6.07) is 5.72. The van der Waals surface area contributed by atoms with Crippen molar-refractivity contribution in [3.63, 3.8) is 0 Å². The Bertz CT molecular complexity index is 397. The van der Waals surface area contributed by atoms with Crippen molar-refractivity contribution in [3.8, 4) is 0 Å². The summed E-state index contributed by atoms with van der Waals surface area (Å²) >= 11 is 0. The molecule has 2 rings (SSSR count). The highest BCUT2D eigenvalue weighted by molar-refractivity contribution is 5.49. The minimum absolute atomic E-state index is 0.0548. The van der Waals surface area contributed by atoms with Gasteiger partial charge in [-0.15, -0.1) is 0 Å². The van der Waals surface area contributed by atoms with Crippen molar-refractivity contribution in [2.75, 3.05) is 38.1 Å². The Hall–Kier alpha value is -1.09. The second-order valence-electron chi connectivity index (χ2n) is 5.31. The normalized spacial score (nSPS) is 19.0. The van der Waals surface area contributed by atoms with Gasteiger partial charge >= 0.3 is 0 Å². The zero-order valence-electron chi connectivity index (χ0n) is 11.6. The first-order valence-electron chi connectivity index (χ1n) is 6.84. The Morgan fingerprint density at radius 2 is 1.89 bits per heavy atom. The van der Waals surface area contributed by atoms with Gasteiger partial charge in [-0.2, -0.15) is 0 Å². The maximum Gasteiger partial charge on any atom is 0.128 e. The second kappa shape index (κ2) is 5.70. The van der Waals surface area contributed by atoms with Gasteiger partial charge in [-0.05, 0) is 37.1 Å². The third-order valence-corrected chi connectivity index (χ3v) is 4.00. The first-order valence-corrected chi connectivity index (χ1v) is 6.84. The van der Waals surface area contributed by atoms with Gasteiger partial charge in [-0.3, -0.25) is 0 Å². The second-order valence-corrected chi connectivity index (χ2v) is 5.31. The van der Waals surface area contributed by atoms with E-state index in [1.54, 1.807) is 6.07 Å². The summed E-state index contributed by atoms with van der Waals surface area (Å²) in [5.41, 5.74) is 1.86. The molecule has 100 valence electrons. The minimum atomic E-state index is -0.0548. The number of benzene rings is 1. The monoisotopic (exact) mass is 250 g/mol. The Labute approximate surface area is 109 Å². The van der Waals surface area contributed by atoms with Crippen LogP contribution in [-0.2, 0) is 0 Å². The van der Waals surface area contributed by atoms with E-state index < -0.39 is 0 Å². The summed E-state index contributed by atoms with van der Waals surface area (Å²) in [6.45, 7) is 8.24. The molecule has 0 aromatic heterocycles. The van der Waals surface area contributed by atoms with E-state index >= 15 is 0 Å². The van der Waals surface area contributed by atoms with E-state index in [2.05, 4.69) is 36.8 Å². The number of anilines is 1. The molecule has 1 unspecified atom stereocenters. The fourth-order valence-corrected chi connectivity index (χ4v) is 2.40. The quantitative estimate of drug-likeness (QED) is 0.813. The molecule has 1 heterocycles. The molecule has 1 saturated heterocycles. The molecule has 1 aromatic rings. The van der Waals surface area contributed by atoms with Gasteiger partial charge in [0.2, 0.25) is 0 Å². The SMILES string of the molecule is CCC(C)c1ccc(N2CCN(C)CC2)cc1F. The average Bonchev–Trinajstić information content (AvgIpc) is 2.38. The van der Waals surface area contributed by atoms with Gasteiger partial charge in [0.05, 0.1) is 0 Å². The summed E-state index contributed by atoms with van der Waals surface area (Å²) < 4.78 is 14.1. The zero-order valence-corrected chi connectivity index (χ0v) is 11.6. The molecule has 1 atom stereocenters. The van der Waals surface area contributed by atoms with Gasteiger partial charge in [-0.25, -0.2) is 4.39 Å². The van der Waals surface area contributed by atoms with Crippen molar-refractivity contribution in [2.24, 2.45) is 0 Å². The van der Waals surface area contributed by atoms with Crippen molar-refractivity contribution in [1.82, 2.24) is 4.90 Å². The molecule has 1 aromatic carbocycles. The number of likely N-dealkylation sites (N-methyl/N-ethyl adjacent to an activating group) is 1. The van der Waals surface area contributed by atoms with Crippen molar-refractivity contribution < 1.29 is 4.39 Å². The van der Waals surface area contributed by atoms with Crippen molar-refractivity contribution in [3.05, 3.63) is 29.6 Å². The van der Waals surface area contributed by atoms with Crippen LogP contribution in [0.5, 0.6) is 0 Å². The maximum atomic E-state index is 14.1. The topological polar surface area (TPSA) is 6.48 Å². The van der Waals surface area contributed by atoms with Crippen LogP contribution in [0.1, 0.15) is 31.7 Å². The number of hydrogen-bond acceptors (Lipinski definition) is 2. The number of piperazine rings is 1. The average molecular weight is 250 g/mol. The van der Waals surface area contributed by atoms with E-state index in [0.29, 0.717) is 5.92 Å². The van der Waals surface area contributed by atoms with E-state index in [9.17, 15) is 4.39 Å². The predicted octanol–water partition coefficient (Wildman–Crippen LogP) is 3.09. The molecule has 0 amide bonds. The number of halogens is 1. The van der Waals surface area contributed by atoms with E-state index in [-0.39, 0.29) is 5.82 Å². The number of rotatable bonds is 3. The lowest BCUT2D eigenvalue weighted by molar-refractivity contribution is 0.312. The lowest BCUT2D eigenvalue weighted by Crippen LogP contribution is -2.44. The van der Waals surface area contributed by atoms with Crippen molar-refractivity contribution in [1.29, 1.82) is 0 Å². The molecule has 0 spiro atoms. The molecule has 3 heteroatoms. The van der Waals surface area contributed by atoms with Crippen LogP contribution in [0.15, 0.2) is 18.2 Å². The van der Waals surface area contributed by atoms with Crippen molar-refractivity contribution >= 4 is 5.69 Å². The highest BCUT2D eigenvalue weighted by Crippen LogP contribution is 2.26. The Morgan fingerprint density at radius 1 is 1.22 bits per heavy atom. The molecular weight excluding hydrogens is 227 g/mol. The third-order valence-electron chi connectivity index (χ3n) is 4.00. The maximum absolute atomic E-state index is 14.1. The van der Waals surface area contributed by atoms with Crippen LogP contribution in [0.4, 0.5) is 10.1 Å². The van der Waals surface area contributed by atoms with Crippen LogP contribution in [0.3, 0.4) is 0 Å². The molecule has 1 aliphatic heterocycles. The summed E-state index contributed by atoms with van der Waals surface area (Å²) in [6.07, 6.45) is 0.977. The third kappa shape index (κ3) is 2.83. The zero-order chi connectivity index (χ0) is 13.1. The lowest BCUT2D eigenvalue weighted by atomic mass is 9.97. The van der Waals surface area contributed by atoms with E-state index in [4.69, 9.17) is 0 Å². The van der Waals surface area contributed by atoms with Crippen LogP contribution >= 0.6 is 0 Å². The molecule has 0 bridgehead atoms. The molecule has 1 aliphatic rings. The molecule has 0 saturated carbocycles. The summed E-state index contributed by atoms with van der Waals surface area (Å²) in [5.74, 6) is 0.243. The Morgan fingerprint density at radius 3 is 2.44 bits per heavy atom. The molecule has 0 N–H and O–H groups in total. The van der Waals surface area contributed by atoms with Gasteiger partial charge in [0, 0.05) is 31.9 Å². The van der Waals surface area contributed by atoms with Gasteiger partial charge in [-0.1, -0.05) is 19.9 Å². The van der Waals surface area contributed by atoms with Crippen LogP contribution in [0.25, 0.3) is 0 Å². The molecular formula is C15H23FN2. The van der Waals surface area contributed by atoms with Crippen LogP contribution in [-0.4, -0.2) is 38.1 Å². The molecule has 0 radical (unpaired) electrons. The van der Waals surface area contributed by atoms with Gasteiger partial charge in [0.25, 0.3) is 0 Å². The van der Waals surface area contributed by atoms with Gasteiger partial charge < -0.3 is 9.80 Å². The molecule has 18 heavy (non-hydrogen) atoms. The predicted molar refractivity (Wildman–Crippen MR) is 74.8 cm³/mol. The van der Waals surface area contributed by atoms with E-state index in [0.717, 1.165) is 43.9 Å². The van der Waals surface area contributed by atoms with Crippen LogP contribution in [0.2, 0.25) is 0 Å². The Kier molecular flexibility index (Phi) is 4.23. The van der Waals surface area contributed by atoms with Gasteiger partial charge in [0.15, 0.2) is 0 Å². The molecule has 0 aliphatic carbocycles. The lowest BCUT2D eigenvalue weighted by Gasteiger charge is -2.34. The fraction of sp³-hybridized carbons (Fsp3) is 0.600. The van der Waals surface area contributed by atoms with Crippen LogP contribution in [0, 0.1) is 5.82 Å². The Balaban J connectivity index is 2.13. The highest BCUT2D eigenvalue weighted by atomic mass is 19.1. The first kappa shape index (κ1) is 13.3. The molecule has 2 nitrogen and oxygen atoms in total. The number of hydrogen-bond donors (Lipinski definition) is 0. The first-order chi connectivity index (χ1) is 8.61. The summed E-state index contributed by atoms with van der Waals surface area (Å²) in [4.78, 5) is 4.57. The molecule has 1 fully saturated rings. The van der Waals surface area contributed by atoms with Crippen molar-refractivity contribution in [2.45, 2.75) is 26.2 Å². The number of nitrogens with zero attached hydrogens (tertiary/aromatic N) is 2. The standard InChI is InChI=1S/C15H23FN2/c1-4-12(2)14-6-5-13(11-15(14)16)18-9-7-17(3)8-10-18/h5-6,11-12H,4,7-10H2,1-3H3. The highest BCUT2D eigenvalue weighted by Gasteiger charge is 2.16. The van der Waals surface area contributed by atoms with E-state index in [1.807, 2.05) is 6.07 Å². The minimum Gasteiger partial charge on any atom is -0.369 e. The largest absolute Gasteiger partial charge is 0.369 e. The van der Waals surface area contributed by atoms with Gasteiger partial charge in [0.1, 0.15) is 5.82 Å². The smallest absolute Gasteiger partial charge is 0.128 e. The summed E-state index contributed by atoms with van der Waals surface area (Å²) in [7, 11) is 2.13. The van der Waals surface area contributed by atoms with Crippen LogP contribution < -0.4 is 4.90 Å². The summed E-state index contributed by atoms with van der Waals surface area (Å²) in [5, 5.41) is 0. The fourth-order valence-electron chi connectivity index (χ4n) is 2.40. The van der Waals surface area contributed by atoms with E-state index in [1.165, 1.54) is 0 Å².